The van der Waals surface area contributed by atoms with Gasteiger partial charge >= 0.3 is 0 Å². The van der Waals surface area contributed by atoms with Crippen molar-refractivity contribution < 1.29 is 5.11 Å². The first kappa shape index (κ1) is 11.2. The van der Waals surface area contributed by atoms with Crippen molar-refractivity contribution in [2.75, 3.05) is 6.61 Å². The molecule has 0 aliphatic rings. The fourth-order valence-corrected chi connectivity index (χ4v) is 2.44. The van der Waals surface area contributed by atoms with Gasteiger partial charge in [-0.25, -0.2) is 0 Å². The highest BCUT2D eigenvalue weighted by Crippen LogP contribution is 2.27. The highest BCUT2D eigenvalue weighted by molar-refractivity contribution is 5.89. The van der Waals surface area contributed by atoms with Crippen LogP contribution in [0.2, 0.25) is 0 Å². The van der Waals surface area contributed by atoms with Crippen LogP contribution in [0.15, 0.2) is 18.3 Å². The highest BCUT2D eigenvalue weighted by Gasteiger charge is 2.09. The van der Waals surface area contributed by atoms with Crippen LogP contribution >= 0.6 is 0 Å². The molecule has 0 atom stereocenters. The van der Waals surface area contributed by atoms with Crippen molar-refractivity contribution in [2.24, 2.45) is 0 Å². The van der Waals surface area contributed by atoms with Crippen molar-refractivity contribution in [3.8, 4) is 0 Å². The number of aliphatic hydroxyl groups excluding tert-OH is 1. The third-order valence-electron chi connectivity index (χ3n) is 3.18. The number of aliphatic hydroxyl groups is 1. The molecule has 0 spiro atoms. The topological polar surface area (TPSA) is 25.2 Å². The van der Waals surface area contributed by atoms with Gasteiger partial charge < -0.3 is 9.67 Å². The molecule has 2 aromatic rings. The van der Waals surface area contributed by atoms with Crippen molar-refractivity contribution in [1.82, 2.24) is 4.57 Å². The SMILES string of the molecule is Cc1ccc(C)c2c1c(C)cn2CCCO. The van der Waals surface area contributed by atoms with Crippen LogP contribution in [0.4, 0.5) is 0 Å². The zero-order valence-electron chi connectivity index (χ0n) is 10.2. The average Bonchev–Trinajstić information content (AvgIpc) is 2.59. The van der Waals surface area contributed by atoms with E-state index in [0.29, 0.717) is 0 Å². The molecule has 2 nitrogen and oxygen atoms in total. The molecule has 16 heavy (non-hydrogen) atoms. The van der Waals surface area contributed by atoms with Crippen LogP contribution in [0.25, 0.3) is 10.9 Å². The molecular weight excluding hydrogens is 198 g/mol. The zero-order valence-corrected chi connectivity index (χ0v) is 10.2. The Bertz CT molecular complexity index is 511. The van der Waals surface area contributed by atoms with Gasteiger partial charge in [-0.1, -0.05) is 12.1 Å². The zero-order chi connectivity index (χ0) is 11.7. The Morgan fingerprint density at radius 1 is 1.06 bits per heavy atom. The summed E-state index contributed by atoms with van der Waals surface area (Å²) in [4.78, 5) is 0. The van der Waals surface area contributed by atoms with Crippen molar-refractivity contribution in [3.63, 3.8) is 0 Å². The van der Waals surface area contributed by atoms with Gasteiger partial charge in [0, 0.05) is 24.7 Å². The van der Waals surface area contributed by atoms with E-state index in [2.05, 4.69) is 43.7 Å². The number of aromatic nitrogens is 1. The molecular formula is C14H19NO. The molecule has 2 rings (SSSR count). The molecule has 2 heteroatoms. The van der Waals surface area contributed by atoms with E-state index in [1.807, 2.05) is 0 Å². The van der Waals surface area contributed by atoms with E-state index in [1.165, 1.54) is 27.6 Å². The van der Waals surface area contributed by atoms with Crippen LogP contribution in [-0.2, 0) is 6.54 Å². The molecule has 1 heterocycles. The Morgan fingerprint density at radius 2 is 1.75 bits per heavy atom. The average molecular weight is 217 g/mol. The first-order chi connectivity index (χ1) is 7.65. The van der Waals surface area contributed by atoms with Crippen molar-refractivity contribution in [1.29, 1.82) is 0 Å². The summed E-state index contributed by atoms with van der Waals surface area (Å²) in [7, 11) is 0. The molecule has 0 aliphatic heterocycles. The van der Waals surface area contributed by atoms with Crippen LogP contribution in [0.1, 0.15) is 23.1 Å². The van der Waals surface area contributed by atoms with Gasteiger partial charge in [0.15, 0.2) is 0 Å². The maximum atomic E-state index is 8.92. The van der Waals surface area contributed by atoms with E-state index in [-0.39, 0.29) is 6.61 Å². The van der Waals surface area contributed by atoms with Gasteiger partial charge in [0.2, 0.25) is 0 Å². The molecule has 0 unspecified atom stereocenters. The molecule has 0 radical (unpaired) electrons. The second-order valence-electron chi connectivity index (χ2n) is 4.51. The Kier molecular flexibility index (Phi) is 3.01. The number of hydrogen-bond donors (Lipinski definition) is 1. The molecule has 0 fully saturated rings. The summed E-state index contributed by atoms with van der Waals surface area (Å²) in [6.45, 7) is 7.61. The summed E-state index contributed by atoms with van der Waals surface area (Å²) in [5.41, 5.74) is 5.30. The molecule has 0 saturated heterocycles. The maximum absolute atomic E-state index is 8.92. The third-order valence-corrected chi connectivity index (χ3v) is 3.18. The minimum atomic E-state index is 0.254. The fourth-order valence-electron chi connectivity index (χ4n) is 2.44. The van der Waals surface area contributed by atoms with Gasteiger partial charge in [0.1, 0.15) is 0 Å². The van der Waals surface area contributed by atoms with Crippen LogP contribution in [0.5, 0.6) is 0 Å². The lowest BCUT2D eigenvalue weighted by Crippen LogP contribution is -1.99. The first-order valence-corrected chi connectivity index (χ1v) is 5.81. The predicted octanol–water partition coefficient (Wildman–Crippen LogP) is 2.95. The van der Waals surface area contributed by atoms with Crippen molar-refractivity contribution in [3.05, 3.63) is 35.0 Å². The summed E-state index contributed by atoms with van der Waals surface area (Å²) in [6, 6.07) is 4.35. The summed E-state index contributed by atoms with van der Waals surface area (Å²) >= 11 is 0. The monoisotopic (exact) mass is 217 g/mol. The van der Waals surface area contributed by atoms with Crippen molar-refractivity contribution >= 4 is 10.9 Å². The molecule has 86 valence electrons. The third kappa shape index (κ3) is 1.74. The molecule has 0 amide bonds. The molecule has 1 aromatic heterocycles. The molecule has 1 N–H and O–H groups in total. The Labute approximate surface area is 96.5 Å². The number of hydrogen-bond acceptors (Lipinski definition) is 1. The number of fused-ring (bicyclic) bond motifs is 1. The van der Waals surface area contributed by atoms with Gasteiger partial charge in [-0.3, -0.25) is 0 Å². The molecule has 0 saturated carbocycles. The smallest absolute Gasteiger partial charge is 0.0515 e. The Hall–Kier alpha value is -1.28. The number of nitrogens with zero attached hydrogens (tertiary/aromatic N) is 1. The van der Waals surface area contributed by atoms with Gasteiger partial charge in [-0.2, -0.15) is 0 Å². The largest absolute Gasteiger partial charge is 0.396 e. The van der Waals surface area contributed by atoms with Gasteiger partial charge in [-0.15, -0.1) is 0 Å². The summed E-state index contributed by atoms with van der Waals surface area (Å²) in [5.74, 6) is 0. The first-order valence-electron chi connectivity index (χ1n) is 5.81. The lowest BCUT2D eigenvalue weighted by molar-refractivity contribution is 0.280. The van der Waals surface area contributed by atoms with Crippen LogP contribution < -0.4 is 0 Å². The maximum Gasteiger partial charge on any atom is 0.0515 e. The van der Waals surface area contributed by atoms with Crippen molar-refractivity contribution in [2.45, 2.75) is 33.7 Å². The van der Waals surface area contributed by atoms with Gasteiger partial charge in [0.05, 0.1) is 5.52 Å². The number of rotatable bonds is 3. The summed E-state index contributed by atoms with van der Waals surface area (Å²) < 4.78 is 2.27. The molecule has 0 bridgehead atoms. The Morgan fingerprint density at radius 3 is 2.44 bits per heavy atom. The minimum absolute atomic E-state index is 0.254. The molecule has 1 aromatic carbocycles. The quantitative estimate of drug-likeness (QED) is 0.840. The number of benzene rings is 1. The predicted molar refractivity (Wildman–Crippen MR) is 67.9 cm³/mol. The van der Waals surface area contributed by atoms with Gasteiger partial charge in [-0.05, 0) is 43.9 Å². The number of aryl methyl sites for hydroxylation is 4. The molecule has 0 aliphatic carbocycles. The van der Waals surface area contributed by atoms with E-state index < -0.39 is 0 Å². The second-order valence-corrected chi connectivity index (χ2v) is 4.51. The van der Waals surface area contributed by atoms with Crippen LogP contribution in [-0.4, -0.2) is 16.3 Å². The van der Waals surface area contributed by atoms with E-state index in [1.54, 1.807) is 0 Å². The second kappa shape index (κ2) is 4.30. The highest BCUT2D eigenvalue weighted by atomic mass is 16.3. The lowest BCUT2D eigenvalue weighted by Gasteiger charge is -2.07. The van der Waals surface area contributed by atoms with E-state index >= 15 is 0 Å². The summed E-state index contributed by atoms with van der Waals surface area (Å²) in [5, 5.41) is 10.3. The fraction of sp³-hybridized carbons (Fsp3) is 0.429. The minimum Gasteiger partial charge on any atom is -0.396 e. The summed E-state index contributed by atoms with van der Waals surface area (Å²) in [6.07, 6.45) is 3.01. The van der Waals surface area contributed by atoms with Crippen LogP contribution in [0.3, 0.4) is 0 Å². The van der Waals surface area contributed by atoms with E-state index in [4.69, 9.17) is 5.11 Å². The van der Waals surface area contributed by atoms with E-state index in [9.17, 15) is 0 Å². The lowest BCUT2D eigenvalue weighted by atomic mass is 10.1. The van der Waals surface area contributed by atoms with E-state index in [0.717, 1.165) is 13.0 Å². The standard InChI is InChI=1S/C14H19NO/c1-10-5-6-11(2)14-13(10)12(3)9-15(14)7-4-8-16/h5-6,9,16H,4,7-8H2,1-3H3. The Balaban J connectivity index is 2.63. The van der Waals surface area contributed by atoms with Crippen LogP contribution in [0, 0.1) is 20.8 Å². The van der Waals surface area contributed by atoms with Gasteiger partial charge in [0.25, 0.3) is 0 Å². The normalized spacial score (nSPS) is 11.2.